The number of hydrogen-bond acceptors (Lipinski definition) is 3. The van der Waals surface area contributed by atoms with E-state index in [1.54, 1.807) is 6.07 Å². The lowest BCUT2D eigenvalue weighted by Crippen LogP contribution is -2.41. The molecule has 0 amide bonds. The molecule has 1 atom stereocenters. The van der Waals surface area contributed by atoms with Crippen LogP contribution in [0.4, 0.5) is 0 Å². The summed E-state index contributed by atoms with van der Waals surface area (Å²) >= 11 is 6.12. The SMILES string of the molecule is Oc1ccc2c(c1O)CC[C@@H]1C2=CCCN1Cc1cccc(Cl)c1. The molecule has 4 heteroatoms. The monoisotopic (exact) mass is 341 g/mol. The first-order valence-electron chi connectivity index (χ1n) is 8.36. The summed E-state index contributed by atoms with van der Waals surface area (Å²) in [6.45, 7) is 1.90. The average molecular weight is 342 g/mol. The zero-order valence-electron chi connectivity index (χ0n) is 13.4. The van der Waals surface area contributed by atoms with Gasteiger partial charge < -0.3 is 10.2 Å². The van der Waals surface area contributed by atoms with E-state index in [1.807, 2.05) is 24.3 Å². The Kier molecular flexibility index (Phi) is 3.99. The van der Waals surface area contributed by atoms with Gasteiger partial charge in [0.15, 0.2) is 11.5 Å². The van der Waals surface area contributed by atoms with Gasteiger partial charge in [0, 0.05) is 29.7 Å². The lowest BCUT2D eigenvalue weighted by atomic mass is 9.80. The minimum absolute atomic E-state index is 0.0283. The predicted octanol–water partition coefficient (Wildman–Crippen LogP) is 4.36. The second-order valence-corrected chi connectivity index (χ2v) is 7.00. The van der Waals surface area contributed by atoms with Crippen molar-refractivity contribution >= 4 is 17.2 Å². The number of halogens is 1. The number of rotatable bonds is 2. The number of hydrogen-bond donors (Lipinski definition) is 2. The van der Waals surface area contributed by atoms with E-state index in [4.69, 9.17) is 11.6 Å². The minimum atomic E-state index is -0.0283. The van der Waals surface area contributed by atoms with E-state index in [0.29, 0.717) is 6.04 Å². The summed E-state index contributed by atoms with van der Waals surface area (Å²) in [6, 6.07) is 11.9. The Morgan fingerprint density at radius 2 is 2.04 bits per heavy atom. The van der Waals surface area contributed by atoms with Crippen LogP contribution in [0, 0.1) is 0 Å². The molecule has 0 saturated carbocycles. The number of phenolic OH excluding ortho intramolecular Hbond substituents is 2. The topological polar surface area (TPSA) is 43.7 Å². The van der Waals surface area contributed by atoms with Crippen molar-refractivity contribution < 1.29 is 10.2 Å². The number of phenols is 2. The van der Waals surface area contributed by atoms with Crippen LogP contribution in [0.15, 0.2) is 42.5 Å². The molecule has 0 saturated heterocycles. The predicted molar refractivity (Wildman–Crippen MR) is 96.3 cm³/mol. The molecule has 0 spiro atoms. The van der Waals surface area contributed by atoms with E-state index in [2.05, 4.69) is 17.0 Å². The molecule has 0 bridgehead atoms. The van der Waals surface area contributed by atoms with Gasteiger partial charge in [0.25, 0.3) is 0 Å². The van der Waals surface area contributed by atoms with Crippen molar-refractivity contribution in [2.24, 2.45) is 0 Å². The summed E-state index contributed by atoms with van der Waals surface area (Å²) in [5.74, 6) is 0.0122. The second-order valence-electron chi connectivity index (χ2n) is 6.56. The minimum Gasteiger partial charge on any atom is -0.504 e. The number of aromatic hydroxyl groups is 2. The summed E-state index contributed by atoms with van der Waals surface area (Å²) < 4.78 is 0. The number of fused-ring (bicyclic) bond motifs is 3. The van der Waals surface area contributed by atoms with Crippen molar-refractivity contribution in [1.82, 2.24) is 4.90 Å². The van der Waals surface area contributed by atoms with Crippen LogP contribution in [0.3, 0.4) is 0 Å². The van der Waals surface area contributed by atoms with Gasteiger partial charge in [0.1, 0.15) is 0 Å². The molecule has 1 aliphatic carbocycles. The first-order chi connectivity index (χ1) is 11.6. The van der Waals surface area contributed by atoms with E-state index < -0.39 is 0 Å². The Balaban J connectivity index is 1.64. The summed E-state index contributed by atoms with van der Waals surface area (Å²) in [7, 11) is 0. The van der Waals surface area contributed by atoms with Gasteiger partial charge in [-0.2, -0.15) is 0 Å². The summed E-state index contributed by atoms with van der Waals surface area (Å²) in [4.78, 5) is 2.49. The van der Waals surface area contributed by atoms with Crippen molar-refractivity contribution in [2.45, 2.75) is 31.8 Å². The molecule has 4 rings (SSSR count). The lowest BCUT2D eigenvalue weighted by Gasteiger charge is -2.40. The molecule has 1 heterocycles. The van der Waals surface area contributed by atoms with Gasteiger partial charge in [-0.1, -0.05) is 35.9 Å². The van der Waals surface area contributed by atoms with Gasteiger partial charge in [-0.15, -0.1) is 0 Å². The highest BCUT2D eigenvalue weighted by atomic mass is 35.5. The highest BCUT2D eigenvalue weighted by Crippen LogP contribution is 2.43. The van der Waals surface area contributed by atoms with Crippen LogP contribution in [0.25, 0.3) is 5.57 Å². The van der Waals surface area contributed by atoms with Gasteiger partial charge in [-0.25, -0.2) is 0 Å². The van der Waals surface area contributed by atoms with Crippen LogP contribution in [-0.4, -0.2) is 27.7 Å². The first-order valence-corrected chi connectivity index (χ1v) is 8.74. The Morgan fingerprint density at radius 1 is 1.17 bits per heavy atom. The molecular formula is C20H20ClNO2. The summed E-state index contributed by atoms with van der Waals surface area (Å²) in [5.41, 5.74) is 4.46. The molecule has 0 aromatic heterocycles. The largest absolute Gasteiger partial charge is 0.504 e. The van der Waals surface area contributed by atoms with Crippen LogP contribution < -0.4 is 0 Å². The summed E-state index contributed by atoms with van der Waals surface area (Å²) in [5, 5.41) is 20.7. The fraction of sp³-hybridized carbons (Fsp3) is 0.300. The van der Waals surface area contributed by atoms with Gasteiger partial charge in [0.2, 0.25) is 0 Å². The zero-order chi connectivity index (χ0) is 16.7. The number of benzene rings is 2. The standard InChI is InChI=1S/C20H20ClNO2/c21-14-4-1-3-13(11-14)12-22-10-2-5-16-15-7-9-19(23)20(24)17(15)6-8-18(16)22/h1,3-5,7,9,11,18,23-24H,2,6,8,10,12H2/t18-/m1/s1. The highest BCUT2D eigenvalue weighted by Gasteiger charge is 2.32. The van der Waals surface area contributed by atoms with Crippen molar-refractivity contribution in [1.29, 1.82) is 0 Å². The molecule has 24 heavy (non-hydrogen) atoms. The maximum atomic E-state index is 10.2. The first kappa shape index (κ1) is 15.6. The molecule has 124 valence electrons. The van der Waals surface area contributed by atoms with Crippen molar-refractivity contribution in [3.8, 4) is 11.5 Å². The molecule has 2 N–H and O–H groups in total. The molecule has 2 aromatic carbocycles. The molecule has 3 nitrogen and oxygen atoms in total. The maximum Gasteiger partial charge on any atom is 0.161 e. The molecule has 0 fully saturated rings. The van der Waals surface area contributed by atoms with Gasteiger partial charge >= 0.3 is 0 Å². The summed E-state index contributed by atoms with van der Waals surface area (Å²) in [6.07, 6.45) is 5.02. The Labute approximate surface area is 146 Å². The quantitative estimate of drug-likeness (QED) is 0.798. The normalized spacial score (nSPS) is 20.2. The Morgan fingerprint density at radius 3 is 2.88 bits per heavy atom. The van der Waals surface area contributed by atoms with Crippen LogP contribution >= 0.6 is 11.6 Å². The van der Waals surface area contributed by atoms with Crippen LogP contribution in [-0.2, 0) is 13.0 Å². The highest BCUT2D eigenvalue weighted by molar-refractivity contribution is 6.30. The third kappa shape index (κ3) is 2.68. The number of nitrogens with zero attached hydrogens (tertiary/aromatic N) is 1. The van der Waals surface area contributed by atoms with E-state index >= 15 is 0 Å². The Hall–Kier alpha value is -1.97. The van der Waals surface area contributed by atoms with Crippen LogP contribution in [0.2, 0.25) is 5.02 Å². The molecule has 0 radical (unpaired) electrons. The maximum absolute atomic E-state index is 10.2. The fourth-order valence-electron chi connectivity index (χ4n) is 3.99. The third-order valence-electron chi connectivity index (χ3n) is 5.10. The molecule has 0 unspecified atom stereocenters. The van der Waals surface area contributed by atoms with E-state index in [1.165, 1.54) is 11.1 Å². The molecular weight excluding hydrogens is 322 g/mol. The van der Waals surface area contributed by atoms with E-state index in [-0.39, 0.29) is 11.5 Å². The van der Waals surface area contributed by atoms with Crippen LogP contribution in [0.5, 0.6) is 11.5 Å². The molecule has 1 aliphatic heterocycles. The van der Waals surface area contributed by atoms with Gasteiger partial charge in [-0.05, 0) is 54.2 Å². The Bertz CT molecular complexity index is 815. The van der Waals surface area contributed by atoms with Gasteiger partial charge in [0.05, 0.1) is 0 Å². The molecule has 2 aliphatic rings. The second kappa shape index (κ2) is 6.15. The fourth-order valence-corrected chi connectivity index (χ4v) is 4.20. The van der Waals surface area contributed by atoms with Crippen molar-refractivity contribution in [2.75, 3.05) is 6.54 Å². The van der Waals surface area contributed by atoms with Gasteiger partial charge in [-0.3, -0.25) is 4.90 Å². The van der Waals surface area contributed by atoms with E-state index in [9.17, 15) is 10.2 Å². The smallest absolute Gasteiger partial charge is 0.161 e. The lowest BCUT2D eigenvalue weighted by molar-refractivity contribution is 0.210. The zero-order valence-corrected chi connectivity index (χ0v) is 14.1. The van der Waals surface area contributed by atoms with Crippen LogP contribution in [0.1, 0.15) is 29.5 Å². The average Bonchev–Trinajstić information content (AvgIpc) is 2.58. The molecule has 2 aromatic rings. The third-order valence-corrected chi connectivity index (χ3v) is 5.33. The van der Waals surface area contributed by atoms with Crippen molar-refractivity contribution in [3.05, 3.63) is 64.2 Å². The van der Waals surface area contributed by atoms with E-state index in [0.717, 1.165) is 48.5 Å². The van der Waals surface area contributed by atoms with Crippen molar-refractivity contribution in [3.63, 3.8) is 0 Å².